The number of hydrogen-bond acceptors (Lipinski definition) is 1. The van der Waals surface area contributed by atoms with Crippen LogP contribution in [0.2, 0.25) is 5.15 Å². The average molecular weight is 376 g/mol. The molecule has 0 saturated carbocycles. The lowest BCUT2D eigenvalue weighted by Crippen LogP contribution is -2.17. The van der Waals surface area contributed by atoms with Gasteiger partial charge in [-0.3, -0.25) is 0 Å². The van der Waals surface area contributed by atoms with Gasteiger partial charge in [0.1, 0.15) is 11.0 Å². The predicted octanol–water partition coefficient (Wildman–Crippen LogP) is 6.38. The van der Waals surface area contributed by atoms with Crippen LogP contribution in [0.25, 0.3) is 17.2 Å². The Morgan fingerprint density at radius 1 is 1.04 bits per heavy atom. The smallest absolute Gasteiger partial charge is 0.129 e. The van der Waals surface area contributed by atoms with Crippen LogP contribution in [0.4, 0.5) is 4.39 Å². The lowest BCUT2D eigenvalue weighted by molar-refractivity contribution is 0.620. The molecule has 3 heteroatoms. The van der Waals surface area contributed by atoms with Gasteiger partial charge in [0.25, 0.3) is 0 Å². The number of halogens is 2. The molecule has 2 aliphatic carbocycles. The molecular weight excluding hydrogens is 357 g/mol. The minimum absolute atomic E-state index is 0.175. The molecule has 1 nitrogen and oxygen atoms in total. The van der Waals surface area contributed by atoms with E-state index in [2.05, 4.69) is 29.3 Å². The van der Waals surface area contributed by atoms with E-state index in [-0.39, 0.29) is 5.82 Å². The molecule has 0 spiro atoms. The quantitative estimate of drug-likeness (QED) is 0.473. The first-order valence-corrected chi connectivity index (χ1v) is 9.78. The van der Waals surface area contributed by atoms with Crippen LogP contribution in [-0.4, -0.2) is 4.98 Å². The molecule has 0 saturated heterocycles. The van der Waals surface area contributed by atoms with Gasteiger partial charge in [-0.05, 0) is 88.7 Å². The summed E-state index contributed by atoms with van der Waals surface area (Å²) in [6.45, 7) is 0. The number of aromatic nitrogens is 1. The summed E-state index contributed by atoms with van der Waals surface area (Å²) in [6.07, 6.45) is 10.3. The van der Waals surface area contributed by atoms with Crippen molar-refractivity contribution in [1.29, 1.82) is 0 Å². The molecule has 1 aromatic heterocycles. The van der Waals surface area contributed by atoms with Gasteiger partial charge in [-0.25, -0.2) is 9.37 Å². The first-order chi connectivity index (χ1) is 13.2. The van der Waals surface area contributed by atoms with E-state index < -0.39 is 0 Å². The summed E-state index contributed by atoms with van der Waals surface area (Å²) in [5.41, 5.74) is 8.76. The Labute approximate surface area is 163 Å². The summed E-state index contributed by atoms with van der Waals surface area (Å²) in [5, 5.41) is 0.510. The van der Waals surface area contributed by atoms with Crippen molar-refractivity contribution >= 4 is 17.7 Å². The van der Waals surface area contributed by atoms with Gasteiger partial charge in [0.2, 0.25) is 0 Å². The van der Waals surface area contributed by atoms with E-state index in [1.807, 2.05) is 24.4 Å². The molecule has 2 aliphatic rings. The monoisotopic (exact) mass is 375 g/mol. The minimum atomic E-state index is -0.175. The topological polar surface area (TPSA) is 12.9 Å². The van der Waals surface area contributed by atoms with Gasteiger partial charge in [0.15, 0.2) is 0 Å². The van der Waals surface area contributed by atoms with Crippen LogP contribution in [0, 0.1) is 5.82 Å². The third kappa shape index (κ3) is 2.98. The fourth-order valence-corrected chi connectivity index (χ4v) is 4.67. The van der Waals surface area contributed by atoms with Crippen LogP contribution in [0.3, 0.4) is 0 Å². The maximum absolute atomic E-state index is 14.1. The van der Waals surface area contributed by atoms with Gasteiger partial charge in [0, 0.05) is 6.20 Å². The molecule has 0 radical (unpaired) electrons. The molecule has 5 rings (SSSR count). The first kappa shape index (κ1) is 16.7. The molecule has 1 atom stereocenters. The third-order valence-corrected chi connectivity index (χ3v) is 6.02. The Hall–Kier alpha value is -2.45. The fourth-order valence-electron chi connectivity index (χ4n) is 4.55. The number of hydrogen-bond donors (Lipinski definition) is 0. The van der Waals surface area contributed by atoms with Crippen molar-refractivity contribution < 1.29 is 4.39 Å². The highest BCUT2D eigenvalue weighted by atomic mass is 35.5. The fraction of sp³-hybridized carbons (Fsp3) is 0.208. The summed E-state index contributed by atoms with van der Waals surface area (Å²) in [4.78, 5) is 4.23. The molecule has 1 unspecified atom stereocenters. The summed E-state index contributed by atoms with van der Waals surface area (Å²) in [6, 6.07) is 13.5. The largest absolute Gasteiger partial charge is 0.244 e. The lowest BCUT2D eigenvalue weighted by Gasteiger charge is -2.31. The predicted molar refractivity (Wildman–Crippen MR) is 109 cm³/mol. The molecule has 3 aromatic rings. The van der Waals surface area contributed by atoms with Crippen molar-refractivity contribution in [3.05, 3.63) is 93.5 Å². The Morgan fingerprint density at radius 2 is 1.96 bits per heavy atom. The minimum Gasteiger partial charge on any atom is -0.244 e. The number of benzene rings is 2. The Bertz CT molecular complexity index is 1050. The van der Waals surface area contributed by atoms with Gasteiger partial charge in [-0.15, -0.1) is 0 Å². The highest BCUT2D eigenvalue weighted by molar-refractivity contribution is 6.29. The average Bonchev–Trinajstić information content (AvgIpc) is 2.69. The maximum Gasteiger partial charge on any atom is 0.129 e. The molecule has 0 fully saturated rings. The molecule has 134 valence electrons. The van der Waals surface area contributed by atoms with E-state index in [0.29, 0.717) is 11.1 Å². The molecule has 0 amide bonds. The standard InChI is InChI=1S/C24H19ClFN/c25-24-10-5-15(14-27-24)11-17-12-22-19-4-2-1-3-16(19)6-8-21(22)23-13-18(26)7-9-20(17)23/h1,3,5-10,13-14,17H,2,4,11-12H2. The van der Waals surface area contributed by atoms with Crippen LogP contribution >= 0.6 is 11.6 Å². The van der Waals surface area contributed by atoms with Gasteiger partial charge >= 0.3 is 0 Å². The first-order valence-electron chi connectivity index (χ1n) is 9.40. The van der Waals surface area contributed by atoms with Gasteiger partial charge in [-0.2, -0.15) is 0 Å². The van der Waals surface area contributed by atoms with Gasteiger partial charge in [-0.1, -0.05) is 48.0 Å². The molecular formula is C24H19ClFN. The van der Waals surface area contributed by atoms with Gasteiger partial charge < -0.3 is 0 Å². The number of pyridine rings is 1. The Morgan fingerprint density at radius 3 is 2.81 bits per heavy atom. The zero-order chi connectivity index (χ0) is 18.4. The van der Waals surface area contributed by atoms with Crippen molar-refractivity contribution in [2.45, 2.75) is 31.6 Å². The van der Waals surface area contributed by atoms with Crippen LogP contribution in [0.5, 0.6) is 0 Å². The molecule has 1 heterocycles. The van der Waals surface area contributed by atoms with Crippen molar-refractivity contribution in [2.24, 2.45) is 0 Å². The maximum atomic E-state index is 14.1. The Kier molecular flexibility index (Phi) is 4.09. The number of nitrogens with zero attached hydrogens (tertiary/aromatic N) is 1. The van der Waals surface area contributed by atoms with Crippen LogP contribution in [-0.2, 0) is 19.3 Å². The highest BCUT2D eigenvalue weighted by Gasteiger charge is 2.28. The SMILES string of the molecule is Fc1ccc2c(c1)-c1ccc3c(c1CC2Cc1ccc(Cl)nc1)CCC=C3. The summed E-state index contributed by atoms with van der Waals surface area (Å²) < 4.78 is 14.1. The lowest BCUT2D eigenvalue weighted by atomic mass is 9.73. The van der Waals surface area contributed by atoms with Gasteiger partial charge in [0.05, 0.1) is 0 Å². The van der Waals surface area contributed by atoms with Crippen LogP contribution < -0.4 is 0 Å². The summed E-state index contributed by atoms with van der Waals surface area (Å²) in [7, 11) is 0. The second kappa shape index (κ2) is 6.61. The zero-order valence-electron chi connectivity index (χ0n) is 14.9. The molecule has 0 aliphatic heterocycles. The molecule has 0 N–H and O–H groups in total. The van der Waals surface area contributed by atoms with E-state index in [1.165, 1.54) is 27.8 Å². The normalized spacial score (nSPS) is 17.2. The van der Waals surface area contributed by atoms with Crippen LogP contribution in [0.15, 0.2) is 54.7 Å². The summed E-state index contributed by atoms with van der Waals surface area (Å²) >= 11 is 5.94. The van der Waals surface area contributed by atoms with E-state index in [9.17, 15) is 4.39 Å². The van der Waals surface area contributed by atoms with Crippen molar-refractivity contribution in [3.8, 4) is 11.1 Å². The molecule has 0 bridgehead atoms. The number of rotatable bonds is 2. The number of fused-ring (bicyclic) bond motifs is 5. The van der Waals surface area contributed by atoms with Crippen molar-refractivity contribution in [1.82, 2.24) is 4.98 Å². The third-order valence-electron chi connectivity index (χ3n) is 5.79. The van der Waals surface area contributed by atoms with E-state index in [4.69, 9.17) is 11.6 Å². The van der Waals surface area contributed by atoms with E-state index in [1.54, 1.807) is 12.1 Å². The highest BCUT2D eigenvalue weighted by Crippen LogP contribution is 2.44. The van der Waals surface area contributed by atoms with Crippen LogP contribution in [0.1, 0.15) is 40.2 Å². The molecule has 2 aromatic carbocycles. The summed E-state index contributed by atoms with van der Waals surface area (Å²) in [5.74, 6) is 0.139. The second-order valence-electron chi connectivity index (χ2n) is 7.43. The zero-order valence-corrected chi connectivity index (χ0v) is 15.6. The second-order valence-corrected chi connectivity index (χ2v) is 7.81. The molecule has 27 heavy (non-hydrogen) atoms. The van der Waals surface area contributed by atoms with Crippen molar-refractivity contribution in [2.75, 3.05) is 0 Å². The van der Waals surface area contributed by atoms with E-state index in [0.717, 1.165) is 36.8 Å². The van der Waals surface area contributed by atoms with Crippen molar-refractivity contribution in [3.63, 3.8) is 0 Å². The Balaban J connectivity index is 1.63. The number of allylic oxidation sites excluding steroid dienone is 1. The van der Waals surface area contributed by atoms with E-state index >= 15 is 0 Å².